The average Bonchev–Trinajstić information content (AvgIpc) is 3.20. The maximum atomic E-state index is 4.72. The molecule has 3 aromatic rings. The molecular formula is C16H19N5S2. The molecule has 5 nitrogen and oxygen atoms in total. The number of thiophene rings is 1. The fourth-order valence-corrected chi connectivity index (χ4v) is 3.85. The first-order valence-corrected chi connectivity index (χ1v) is 9.22. The Morgan fingerprint density at radius 1 is 1.17 bits per heavy atom. The van der Waals surface area contributed by atoms with E-state index in [1.165, 1.54) is 4.88 Å². The number of anilines is 1. The van der Waals surface area contributed by atoms with Crippen LogP contribution in [0.1, 0.15) is 18.2 Å². The maximum Gasteiger partial charge on any atom is 0.222 e. The minimum atomic E-state index is 0.680. The second kappa shape index (κ2) is 7.63. The molecule has 0 aromatic carbocycles. The fourth-order valence-electron chi connectivity index (χ4n) is 2.22. The largest absolute Gasteiger partial charge is 0.355 e. The molecule has 0 aliphatic rings. The van der Waals surface area contributed by atoms with Crippen molar-refractivity contribution in [2.75, 3.05) is 18.9 Å². The van der Waals surface area contributed by atoms with Gasteiger partial charge in [-0.2, -0.15) is 0 Å². The number of nitrogens with one attached hydrogen (secondary N) is 1. The molecule has 23 heavy (non-hydrogen) atoms. The van der Waals surface area contributed by atoms with E-state index in [1.54, 1.807) is 22.7 Å². The van der Waals surface area contributed by atoms with Crippen molar-refractivity contribution in [2.24, 2.45) is 0 Å². The van der Waals surface area contributed by atoms with Crippen molar-refractivity contribution >= 4 is 28.6 Å². The van der Waals surface area contributed by atoms with Gasteiger partial charge in [-0.3, -0.25) is 4.90 Å². The summed E-state index contributed by atoms with van der Waals surface area (Å²) in [5.41, 5.74) is 2.20. The van der Waals surface area contributed by atoms with E-state index in [0.29, 0.717) is 5.95 Å². The summed E-state index contributed by atoms with van der Waals surface area (Å²) in [4.78, 5) is 16.8. The van der Waals surface area contributed by atoms with E-state index in [-0.39, 0.29) is 0 Å². The molecule has 0 bridgehead atoms. The third kappa shape index (κ3) is 4.34. The van der Waals surface area contributed by atoms with Gasteiger partial charge in [0, 0.05) is 43.0 Å². The number of hydrogen-bond acceptors (Lipinski definition) is 7. The molecule has 3 aromatic heterocycles. The summed E-state index contributed by atoms with van der Waals surface area (Å²) in [6, 6.07) is 4.17. The van der Waals surface area contributed by atoms with Crippen LogP contribution in [-0.2, 0) is 13.1 Å². The lowest BCUT2D eigenvalue weighted by Gasteiger charge is -2.15. The van der Waals surface area contributed by atoms with Gasteiger partial charge in [0.1, 0.15) is 5.01 Å². The van der Waals surface area contributed by atoms with E-state index >= 15 is 0 Å². The molecule has 0 radical (unpaired) electrons. The Balaban J connectivity index is 1.57. The zero-order chi connectivity index (χ0) is 16.1. The van der Waals surface area contributed by atoms with E-state index in [4.69, 9.17) is 4.98 Å². The first-order valence-electron chi connectivity index (χ1n) is 7.46. The van der Waals surface area contributed by atoms with Gasteiger partial charge in [-0.25, -0.2) is 15.0 Å². The van der Waals surface area contributed by atoms with Crippen molar-refractivity contribution in [3.8, 4) is 9.88 Å². The third-order valence-electron chi connectivity index (χ3n) is 3.21. The van der Waals surface area contributed by atoms with Gasteiger partial charge < -0.3 is 5.32 Å². The highest BCUT2D eigenvalue weighted by molar-refractivity contribution is 7.20. The summed E-state index contributed by atoms with van der Waals surface area (Å²) < 4.78 is 0. The molecule has 0 fully saturated rings. The summed E-state index contributed by atoms with van der Waals surface area (Å²) in [5, 5.41) is 8.42. The van der Waals surface area contributed by atoms with Crippen LogP contribution in [0.25, 0.3) is 9.88 Å². The van der Waals surface area contributed by atoms with Crippen molar-refractivity contribution in [1.82, 2.24) is 19.9 Å². The van der Waals surface area contributed by atoms with Crippen molar-refractivity contribution < 1.29 is 0 Å². The van der Waals surface area contributed by atoms with Crippen LogP contribution in [0.15, 0.2) is 35.3 Å². The highest BCUT2D eigenvalue weighted by Gasteiger charge is 2.08. The summed E-state index contributed by atoms with van der Waals surface area (Å²) in [6.07, 6.45) is 3.75. The van der Waals surface area contributed by atoms with Crippen LogP contribution in [-0.4, -0.2) is 33.4 Å². The zero-order valence-electron chi connectivity index (χ0n) is 13.2. The lowest BCUT2D eigenvalue weighted by atomic mass is 10.3. The summed E-state index contributed by atoms with van der Waals surface area (Å²) in [5.74, 6) is 0.680. The van der Waals surface area contributed by atoms with Crippen LogP contribution < -0.4 is 5.32 Å². The van der Waals surface area contributed by atoms with Crippen molar-refractivity contribution in [1.29, 1.82) is 0 Å². The van der Waals surface area contributed by atoms with E-state index in [1.807, 2.05) is 19.3 Å². The molecule has 1 N–H and O–H groups in total. The second-order valence-electron chi connectivity index (χ2n) is 5.24. The molecule has 3 rings (SSSR count). The predicted octanol–water partition coefficient (Wildman–Crippen LogP) is 3.73. The second-order valence-corrected chi connectivity index (χ2v) is 7.04. The van der Waals surface area contributed by atoms with Gasteiger partial charge in [-0.1, -0.05) is 6.07 Å². The smallest absolute Gasteiger partial charge is 0.222 e. The Morgan fingerprint density at radius 3 is 2.70 bits per heavy atom. The molecule has 0 saturated heterocycles. The molecule has 0 saturated carbocycles. The molecular weight excluding hydrogens is 326 g/mol. The van der Waals surface area contributed by atoms with E-state index < -0.39 is 0 Å². The van der Waals surface area contributed by atoms with Gasteiger partial charge >= 0.3 is 0 Å². The Kier molecular flexibility index (Phi) is 5.32. The quantitative estimate of drug-likeness (QED) is 0.707. The van der Waals surface area contributed by atoms with Crippen LogP contribution in [0.2, 0.25) is 0 Å². The fraction of sp³-hybridized carbons (Fsp3) is 0.312. The SMILES string of the molecule is CCNc1ncc(CN(C)Cc2csc(-c3cccs3)n2)cn1. The minimum Gasteiger partial charge on any atom is -0.355 e. The summed E-state index contributed by atoms with van der Waals surface area (Å²) in [7, 11) is 2.09. The van der Waals surface area contributed by atoms with Crippen LogP contribution in [0.3, 0.4) is 0 Å². The highest BCUT2D eigenvalue weighted by Crippen LogP contribution is 2.28. The summed E-state index contributed by atoms with van der Waals surface area (Å²) >= 11 is 3.43. The van der Waals surface area contributed by atoms with Gasteiger partial charge in [-0.15, -0.1) is 22.7 Å². The van der Waals surface area contributed by atoms with Gasteiger partial charge in [0.05, 0.1) is 10.6 Å². The van der Waals surface area contributed by atoms with Crippen LogP contribution >= 0.6 is 22.7 Å². The van der Waals surface area contributed by atoms with Crippen LogP contribution in [0, 0.1) is 0 Å². The molecule has 3 heterocycles. The molecule has 0 aliphatic carbocycles. The Bertz CT molecular complexity index is 721. The Labute approximate surface area is 144 Å². The Hall–Kier alpha value is -1.83. The molecule has 120 valence electrons. The van der Waals surface area contributed by atoms with Gasteiger partial charge in [0.15, 0.2) is 0 Å². The van der Waals surface area contributed by atoms with E-state index in [0.717, 1.165) is 35.9 Å². The lowest BCUT2D eigenvalue weighted by molar-refractivity contribution is 0.315. The third-order valence-corrected chi connectivity index (χ3v) is 5.14. The maximum absolute atomic E-state index is 4.72. The van der Waals surface area contributed by atoms with Gasteiger partial charge in [0.25, 0.3) is 0 Å². The van der Waals surface area contributed by atoms with Crippen molar-refractivity contribution in [3.63, 3.8) is 0 Å². The van der Waals surface area contributed by atoms with Gasteiger partial charge in [-0.05, 0) is 25.4 Å². The van der Waals surface area contributed by atoms with E-state index in [2.05, 4.69) is 50.1 Å². The average molecular weight is 345 g/mol. The van der Waals surface area contributed by atoms with Crippen molar-refractivity contribution in [2.45, 2.75) is 20.0 Å². The lowest BCUT2D eigenvalue weighted by Crippen LogP contribution is -2.18. The van der Waals surface area contributed by atoms with Crippen molar-refractivity contribution in [3.05, 3.63) is 46.5 Å². The molecule has 0 aliphatic heterocycles. The predicted molar refractivity (Wildman–Crippen MR) is 96.8 cm³/mol. The molecule has 0 atom stereocenters. The number of thiazole rings is 1. The molecule has 0 spiro atoms. The van der Waals surface area contributed by atoms with E-state index in [9.17, 15) is 0 Å². The minimum absolute atomic E-state index is 0.680. The number of nitrogens with zero attached hydrogens (tertiary/aromatic N) is 4. The monoisotopic (exact) mass is 345 g/mol. The molecule has 0 amide bonds. The number of aromatic nitrogens is 3. The highest BCUT2D eigenvalue weighted by atomic mass is 32.1. The summed E-state index contributed by atoms with van der Waals surface area (Å²) in [6.45, 7) is 4.48. The number of rotatable bonds is 7. The first kappa shape index (κ1) is 16.0. The van der Waals surface area contributed by atoms with Crippen LogP contribution in [0.4, 0.5) is 5.95 Å². The van der Waals surface area contributed by atoms with Gasteiger partial charge in [0.2, 0.25) is 5.95 Å². The van der Waals surface area contributed by atoms with Crippen LogP contribution in [0.5, 0.6) is 0 Å². The Morgan fingerprint density at radius 2 is 2.00 bits per heavy atom. The molecule has 0 unspecified atom stereocenters. The molecule has 7 heteroatoms. The first-order chi connectivity index (χ1) is 11.2. The zero-order valence-corrected chi connectivity index (χ0v) is 14.8. The normalized spacial score (nSPS) is 11.1. The standard InChI is InChI=1S/C16H19N5S2/c1-3-17-16-18-7-12(8-19-16)9-21(2)10-13-11-23-15(20-13)14-5-4-6-22-14/h4-8,11H,3,9-10H2,1-2H3,(H,17,18,19). The number of hydrogen-bond donors (Lipinski definition) is 1. The topological polar surface area (TPSA) is 53.9 Å².